The predicted octanol–water partition coefficient (Wildman–Crippen LogP) is 0.832. The Balaban J connectivity index is 1.61. The Morgan fingerprint density at radius 3 is 3.00 bits per heavy atom. The molecule has 4 N–H and O–H groups in total. The summed E-state index contributed by atoms with van der Waals surface area (Å²) in [4.78, 5) is 19.9. The van der Waals surface area contributed by atoms with Gasteiger partial charge in [0.1, 0.15) is 5.69 Å². The summed E-state index contributed by atoms with van der Waals surface area (Å²) in [6, 6.07) is 8.28. The monoisotopic (exact) mass is 269 g/mol. The van der Waals surface area contributed by atoms with Crippen LogP contribution in [0.15, 0.2) is 36.7 Å². The van der Waals surface area contributed by atoms with Gasteiger partial charge < -0.3 is 10.7 Å². The number of carbonyl (C=O) groups excluding carboxylic acids is 1. The molecule has 1 aromatic carbocycles. The van der Waals surface area contributed by atoms with Gasteiger partial charge in [-0.25, -0.2) is 10.8 Å². The minimum atomic E-state index is -0.237. The molecular formula is C14H15N5O. The Kier molecular flexibility index (Phi) is 3.30. The molecule has 1 aliphatic carbocycles. The molecule has 1 aliphatic rings. The lowest BCUT2D eigenvalue weighted by Gasteiger charge is -2.30. The first-order chi connectivity index (χ1) is 9.78. The van der Waals surface area contributed by atoms with Crippen molar-refractivity contribution in [2.45, 2.75) is 12.3 Å². The molecule has 6 nitrogen and oxygen atoms in total. The van der Waals surface area contributed by atoms with Gasteiger partial charge in [-0.3, -0.25) is 9.78 Å². The number of carbonyl (C=O) groups is 1. The van der Waals surface area contributed by atoms with Crippen molar-refractivity contribution in [3.05, 3.63) is 53.5 Å². The van der Waals surface area contributed by atoms with Crippen molar-refractivity contribution < 1.29 is 4.79 Å². The SMILES string of the molecule is NNc1cncc(C(=O)NCC2Cc3ccccc32)n1. The van der Waals surface area contributed by atoms with E-state index in [1.54, 1.807) is 0 Å². The molecule has 1 aromatic heterocycles. The number of amides is 1. The van der Waals surface area contributed by atoms with Gasteiger partial charge in [-0.05, 0) is 17.5 Å². The minimum absolute atomic E-state index is 0.237. The standard InChI is InChI=1S/C14H15N5O/c15-19-13-8-16-7-12(18-13)14(20)17-6-10-5-9-3-1-2-4-11(9)10/h1-4,7-8,10H,5-6,15H2,(H,17,20)(H,18,19). The first kappa shape index (κ1) is 12.6. The van der Waals surface area contributed by atoms with E-state index in [0.29, 0.717) is 18.3 Å². The number of rotatable bonds is 4. The number of benzene rings is 1. The molecular weight excluding hydrogens is 254 g/mol. The number of hydrogen-bond donors (Lipinski definition) is 3. The molecule has 0 aliphatic heterocycles. The zero-order valence-electron chi connectivity index (χ0n) is 10.8. The Hall–Kier alpha value is -2.47. The van der Waals surface area contributed by atoms with Crippen LogP contribution >= 0.6 is 0 Å². The summed E-state index contributed by atoms with van der Waals surface area (Å²) in [6.07, 6.45) is 3.89. The molecule has 0 fully saturated rings. The fourth-order valence-electron chi connectivity index (χ4n) is 2.40. The second-order valence-corrected chi connectivity index (χ2v) is 4.74. The lowest BCUT2D eigenvalue weighted by molar-refractivity contribution is 0.0945. The highest BCUT2D eigenvalue weighted by Crippen LogP contribution is 2.33. The second kappa shape index (κ2) is 5.26. The summed E-state index contributed by atoms with van der Waals surface area (Å²) in [5.41, 5.74) is 5.30. The molecule has 20 heavy (non-hydrogen) atoms. The van der Waals surface area contributed by atoms with E-state index in [1.165, 1.54) is 23.5 Å². The zero-order chi connectivity index (χ0) is 13.9. The van der Waals surface area contributed by atoms with Crippen LogP contribution in [0.5, 0.6) is 0 Å². The van der Waals surface area contributed by atoms with Crippen LogP contribution in [0, 0.1) is 0 Å². The van der Waals surface area contributed by atoms with E-state index < -0.39 is 0 Å². The maximum Gasteiger partial charge on any atom is 0.271 e. The predicted molar refractivity (Wildman–Crippen MR) is 75.1 cm³/mol. The van der Waals surface area contributed by atoms with Gasteiger partial charge in [0.2, 0.25) is 0 Å². The van der Waals surface area contributed by atoms with Crippen molar-refractivity contribution in [2.75, 3.05) is 12.0 Å². The van der Waals surface area contributed by atoms with Crippen molar-refractivity contribution in [3.8, 4) is 0 Å². The number of nitrogens with zero attached hydrogens (tertiary/aromatic N) is 2. The summed E-state index contributed by atoms with van der Waals surface area (Å²) >= 11 is 0. The number of nitrogen functional groups attached to an aromatic ring is 1. The highest BCUT2D eigenvalue weighted by Gasteiger charge is 2.25. The van der Waals surface area contributed by atoms with Gasteiger partial charge in [0, 0.05) is 12.5 Å². The van der Waals surface area contributed by atoms with Crippen molar-refractivity contribution >= 4 is 11.7 Å². The minimum Gasteiger partial charge on any atom is -0.350 e. The Labute approximate surface area is 116 Å². The highest BCUT2D eigenvalue weighted by atomic mass is 16.1. The maximum atomic E-state index is 12.0. The smallest absolute Gasteiger partial charge is 0.271 e. The third-order valence-electron chi connectivity index (χ3n) is 3.49. The number of hydrogen-bond acceptors (Lipinski definition) is 5. The molecule has 6 heteroatoms. The van der Waals surface area contributed by atoms with Crippen LogP contribution in [-0.4, -0.2) is 22.4 Å². The van der Waals surface area contributed by atoms with Crippen molar-refractivity contribution in [1.82, 2.24) is 15.3 Å². The summed E-state index contributed by atoms with van der Waals surface area (Å²) < 4.78 is 0. The molecule has 1 amide bonds. The first-order valence-corrected chi connectivity index (χ1v) is 6.42. The van der Waals surface area contributed by atoms with E-state index in [1.807, 2.05) is 12.1 Å². The Bertz CT molecular complexity index is 643. The van der Waals surface area contributed by atoms with Gasteiger partial charge in [0.05, 0.1) is 12.4 Å². The van der Waals surface area contributed by atoms with E-state index in [0.717, 1.165) is 6.42 Å². The van der Waals surface area contributed by atoms with Gasteiger partial charge in [-0.2, -0.15) is 0 Å². The molecule has 2 aromatic rings. The van der Waals surface area contributed by atoms with Gasteiger partial charge in [0.15, 0.2) is 5.82 Å². The van der Waals surface area contributed by atoms with Crippen LogP contribution in [0.4, 0.5) is 5.82 Å². The number of aromatic nitrogens is 2. The van der Waals surface area contributed by atoms with Crippen LogP contribution in [0.25, 0.3) is 0 Å². The number of anilines is 1. The van der Waals surface area contributed by atoms with Crippen LogP contribution < -0.4 is 16.6 Å². The van der Waals surface area contributed by atoms with E-state index in [9.17, 15) is 4.79 Å². The molecule has 0 saturated carbocycles. The van der Waals surface area contributed by atoms with Crippen LogP contribution in [0.1, 0.15) is 27.5 Å². The van der Waals surface area contributed by atoms with E-state index >= 15 is 0 Å². The van der Waals surface area contributed by atoms with Crippen molar-refractivity contribution in [3.63, 3.8) is 0 Å². The molecule has 1 heterocycles. The van der Waals surface area contributed by atoms with E-state index in [2.05, 4.69) is 32.8 Å². The lowest BCUT2D eigenvalue weighted by Crippen LogP contribution is -2.33. The Morgan fingerprint density at radius 1 is 1.35 bits per heavy atom. The van der Waals surface area contributed by atoms with Crippen LogP contribution in [0.3, 0.4) is 0 Å². The lowest BCUT2D eigenvalue weighted by atomic mass is 9.77. The number of fused-ring (bicyclic) bond motifs is 1. The molecule has 1 unspecified atom stereocenters. The fourth-order valence-corrected chi connectivity index (χ4v) is 2.40. The summed E-state index contributed by atoms with van der Waals surface area (Å²) in [5, 5.41) is 2.88. The molecule has 1 atom stereocenters. The molecule has 0 bridgehead atoms. The summed E-state index contributed by atoms with van der Waals surface area (Å²) in [6.45, 7) is 0.609. The number of nitrogens with one attached hydrogen (secondary N) is 2. The highest BCUT2D eigenvalue weighted by molar-refractivity contribution is 5.92. The molecule has 0 saturated heterocycles. The summed E-state index contributed by atoms with van der Waals surface area (Å²) in [5.74, 6) is 5.76. The molecule has 0 spiro atoms. The number of nitrogens with two attached hydrogens (primary N) is 1. The topological polar surface area (TPSA) is 92.9 Å². The van der Waals surface area contributed by atoms with E-state index in [4.69, 9.17) is 5.84 Å². The van der Waals surface area contributed by atoms with E-state index in [-0.39, 0.29) is 11.6 Å². The first-order valence-electron chi connectivity index (χ1n) is 6.42. The second-order valence-electron chi connectivity index (χ2n) is 4.74. The normalized spacial score (nSPS) is 15.9. The average Bonchev–Trinajstić information content (AvgIpc) is 2.48. The Morgan fingerprint density at radius 2 is 2.20 bits per heavy atom. The van der Waals surface area contributed by atoms with Crippen LogP contribution in [0.2, 0.25) is 0 Å². The van der Waals surface area contributed by atoms with Gasteiger partial charge in [-0.1, -0.05) is 24.3 Å². The van der Waals surface area contributed by atoms with Gasteiger partial charge >= 0.3 is 0 Å². The maximum absolute atomic E-state index is 12.0. The third-order valence-corrected chi connectivity index (χ3v) is 3.49. The number of hydrazine groups is 1. The molecule has 3 rings (SSSR count). The molecule has 102 valence electrons. The summed E-state index contributed by atoms with van der Waals surface area (Å²) in [7, 11) is 0. The van der Waals surface area contributed by atoms with Gasteiger partial charge in [-0.15, -0.1) is 0 Å². The van der Waals surface area contributed by atoms with Gasteiger partial charge in [0.25, 0.3) is 5.91 Å². The van der Waals surface area contributed by atoms with Crippen molar-refractivity contribution in [2.24, 2.45) is 5.84 Å². The quantitative estimate of drug-likeness (QED) is 0.565. The zero-order valence-corrected chi connectivity index (χ0v) is 10.8. The average molecular weight is 269 g/mol. The van der Waals surface area contributed by atoms with Crippen molar-refractivity contribution in [1.29, 1.82) is 0 Å². The third kappa shape index (κ3) is 2.33. The fraction of sp³-hybridized carbons (Fsp3) is 0.214. The molecule has 0 radical (unpaired) electrons. The van der Waals surface area contributed by atoms with Crippen LogP contribution in [-0.2, 0) is 6.42 Å². The largest absolute Gasteiger partial charge is 0.350 e.